The van der Waals surface area contributed by atoms with Gasteiger partial charge in [-0.3, -0.25) is 0 Å². The summed E-state index contributed by atoms with van der Waals surface area (Å²) in [6.45, 7) is 2.21. The molecule has 17 heavy (non-hydrogen) atoms. The lowest BCUT2D eigenvalue weighted by Crippen LogP contribution is -2.16. The Morgan fingerprint density at radius 1 is 1.41 bits per heavy atom. The van der Waals surface area contributed by atoms with Crippen LogP contribution in [0.15, 0.2) is 28.7 Å². The molecule has 1 aliphatic heterocycles. The molecule has 0 saturated heterocycles. The highest BCUT2D eigenvalue weighted by Crippen LogP contribution is 2.26. The number of halogens is 1. The Balaban J connectivity index is 2.05. The van der Waals surface area contributed by atoms with Crippen molar-refractivity contribution in [2.45, 2.75) is 32.2 Å². The maximum atomic E-state index is 4.64. The Bertz CT molecular complexity index is 547. The average Bonchev–Trinajstić information content (AvgIpc) is 2.74. The SMILES string of the molecule is CC1CCCc2nc(-c3cccc(Br)c3)nn21. The topological polar surface area (TPSA) is 30.7 Å². The Morgan fingerprint density at radius 2 is 2.29 bits per heavy atom. The molecule has 0 N–H and O–H groups in total. The molecule has 1 aromatic heterocycles. The molecule has 2 aromatic rings. The lowest BCUT2D eigenvalue weighted by atomic mass is 10.1. The summed E-state index contributed by atoms with van der Waals surface area (Å²) in [6, 6.07) is 8.63. The second kappa shape index (κ2) is 4.26. The molecular weight excluding hydrogens is 278 g/mol. The van der Waals surface area contributed by atoms with E-state index in [0.717, 1.165) is 28.1 Å². The van der Waals surface area contributed by atoms with E-state index < -0.39 is 0 Å². The van der Waals surface area contributed by atoms with Gasteiger partial charge in [0.05, 0.1) is 6.04 Å². The normalized spacial score (nSPS) is 19.1. The van der Waals surface area contributed by atoms with Crippen molar-refractivity contribution >= 4 is 15.9 Å². The van der Waals surface area contributed by atoms with Crippen LogP contribution in [0.4, 0.5) is 0 Å². The summed E-state index contributed by atoms with van der Waals surface area (Å²) in [5.41, 5.74) is 1.08. The third-order valence-electron chi connectivity index (χ3n) is 3.22. The van der Waals surface area contributed by atoms with E-state index in [4.69, 9.17) is 0 Å². The third kappa shape index (κ3) is 2.02. The number of hydrogen-bond acceptors (Lipinski definition) is 2. The molecule has 4 heteroatoms. The van der Waals surface area contributed by atoms with Crippen LogP contribution >= 0.6 is 15.9 Å². The summed E-state index contributed by atoms with van der Waals surface area (Å²) in [4.78, 5) is 4.64. The molecule has 3 rings (SSSR count). The molecule has 0 saturated carbocycles. The molecule has 1 unspecified atom stereocenters. The van der Waals surface area contributed by atoms with Crippen molar-refractivity contribution in [2.75, 3.05) is 0 Å². The molecule has 0 bridgehead atoms. The lowest BCUT2D eigenvalue weighted by Gasteiger charge is -2.18. The minimum Gasteiger partial charge on any atom is -0.247 e. The van der Waals surface area contributed by atoms with Crippen LogP contribution in [0.5, 0.6) is 0 Å². The number of rotatable bonds is 1. The quantitative estimate of drug-likeness (QED) is 0.804. The van der Waals surface area contributed by atoms with Crippen LogP contribution in [0, 0.1) is 0 Å². The first kappa shape index (κ1) is 11.0. The standard InChI is InChI=1S/C13H14BrN3/c1-9-4-2-7-12-15-13(16-17(9)12)10-5-3-6-11(14)8-10/h3,5-6,8-9H,2,4,7H2,1H3. The summed E-state index contributed by atoms with van der Waals surface area (Å²) in [7, 11) is 0. The number of hydrogen-bond donors (Lipinski definition) is 0. The lowest BCUT2D eigenvalue weighted by molar-refractivity contribution is 0.389. The molecule has 0 aliphatic carbocycles. The molecule has 0 spiro atoms. The molecule has 3 nitrogen and oxygen atoms in total. The van der Waals surface area contributed by atoms with Gasteiger partial charge in [-0.25, -0.2) is 9.67 Å². The first-order chi connectivity index (χ1) is 8.24. The zero-order valence-corrected chi connectivity index (χ0v) is 11.3. The first-order valence-electron chi connectivity index (χ1n) is 5.95. The van der Waals surface area contributed by atoms with Gasteiger partial charge >= 0.3 is 0 Å². The molecule has 1 aliphatic rings. The second-order valence-corrected chi connectivity index (χ2v) is 5.46. The maximum absolute atomic E-state index is 4.64. The van der Waals surface area contributed by atoms with E-state index in [2.05, 4.69) is 49.8 Å². The van der Waals surface area contributed by atoms with Crippen LogP contribution in [0.25, 0.3) is 11.4 Å². The smallest absolute Gasteiger partial charge is 0.181 e. The van der Waals surface area contributed by atoms with Crippen LogP contribution in [0.3, 0.4) is 0 Å². The summed E-state index contributed by atoms with van der Waals surface area (Å²) in [5, 5.41) is 4.63. The molecule has 1 atom stereocenters. The van der Waals surface area contributed by atoms with E-state index in [0.29, 0.717) is 6.04 Å². The summed E-state index contributed by atoms with van der Waals surface area (Å²) < 4.78 is 3.15. The molecule has 2 heterocycles. The Hall–Kier alpha value is -1.16. The van der Waals surface area contributed by atoms with Crippen LogP contribution in [-0.4, -0.2) is 14.8 Å². The van der Waals surface area contributed by atoms with Gasteiger partial charge in [-0.2, -0.15) is 5.10 Å². The van der Waals surface area contributed by atoms with Gasteiger partial charge in [0.2, 0.25) is 0 Å². The van der Waals surface area contributed by atoms with Crippen LogP contribution in [0.2, 0.25) is 0 Å². The zero-order chi connectivity index (χ0) is 11.8. The zero-order valence-electron chi connectivity index (χ0n) is 9.73. The van der Waals surface area contributed by atoms with Gasteiger partial charge in [0.1, 0.15) is 5.82 Å². The fraction of sp³-hybridized carbons (Fsp3) is 0.385. The van der Waals surface area contributed by atoms with Crippen molar-refractivity contribution in [2.24, 2.45) is 0 Å². The van der Waals surface area contributed by atoms with Crippen molar-refractivity contribution in [3.63, 3.8) is 0 Å². The van der Waals surface area contributed by atoms with E-state index in [1.807, 2.05) is 12.1 Å². The van der Waals surface area contributed by atoms with Crippen molar-refractivity contribution in [1.29, 1.82) is 0 Å². The van der Waals surface area contributed by atoms with Gasteiger partial charge in [-0.05, 0) is 31.9 Å². The van der Waals surface area contributed by atoms with E-state index in [-0.39, 0.29) is 0 Å². The van der Waals surface area contributed by atoms with E-state index in [1.165, 1.54) is 12.8 Å². The van der Waals surface area contributed by atoms with Crippen LogP contribution < -0.4 is 0 Å². The van der Waals surface area contributed by atoms with Crippen molar-refractivity contribution in [3.8, 4) is 11.4 Å². The third-order valence-corrected chi connectivity index (χ3v) is 3.72. The van der Waals surface area contributed by atoms with E-state index in [9.17, 15) is 0 Å². The van der Waals surface area contributed by atoms with E-state index >= 15 is 0 Å². The highest BCUT2D eigenvalue weighted by Gasteiger charge is 2.20. The number of benzene rings is 1. The highest BCUT2D eigenvalue weighted by molar-refractivity contribution is 9.10. The minimum absolute atomic E-state index is 0.479. The molecule has 88 valence electrons. The predicted molar refractivity (Wildman–Crippen MR) is 70.8 cm³/mol. The summed E-state index contributed by atoms with van der Waals surface area (Å²) in [6.07, 6.45) is 3.47. The number of aromatic nitrogens is 3. The monoisotopic (exact) mass is 291 g/mol. The molecule has 0 fully saturated rings. The number of fused-ring (bicyclic) bond motifs is 1. The van der Waals surface area contributed by atoms with Gasteiger partial charge in [-0.1, -0.05) is 28.1 Å². The molecule has 0 radical (unpaired) electrons. The van der Waals surface area contributed by atoms with Crippen molar-refractivity contribution in [3.05, 3.63) is 34.6 Å². The van der Waals surface area contributed by atoms with Crippen LogP contribution in [-0.2, 0) is 6.42 Å². The Labute approximate surface area is 109 Å². The first-order valence-corrected chi connectivity index (χ1v) is 6.75. The van der Waals surface area contributed by atoms with Crippen molar-refractivity contribution in [1.82, 2.24) is 14.8 Å². The molecular formula is C13H14BrN3. The van der Waals surface area contributed by atoms with Gasteiger partial charge in [0, 0.05) is 16.5 Å². The summed E-state index contributed by atoms with van der Waals surface area (Å²) in [5.74, 6) is 1.97. The fourth-order valence-corrected chi connectivity index (χ4v) is 2.71. The maximum Gasteiger partial charge on any atom is 0.181 e. The van der Waals surface area contributed by atoms with Crippen molar-refractivity contribution < 1.29 is 0 Å². The minimum atomic E-state index is 0.479. The number of aryl methyl sites for hydroxylation is 1. The van der Waals surface area contributed by atoms with Gasteiger partial charge in [0.15, 0.2) is 5.82 Å². The van der Waals surface area contributed by atoms with Gasteiger partial charge in [0.25, 0.3) is 0 Å². The Kier molecular flexibility index (Phi) is 2.74. The Morgan fingerprint density at radius 3 is 3.06 bits per heavy atom. The van der Waals surface area contributed by atoms with Gasteiger partial charge in [-0.15, -0.1) is 0 Å². The second-order valence-electron chi connectivity index (χ2n) is 4.55. The number of nitrogens with zero attached hydrogens (tertiary/aromatic N) is 3. The van der Waals surface area contributed by atoms with Crippen LogP contribution in [0.1, 0.15) is 31.6 Å². The fourth-order valence-electron chi connectivity index (χ4n) is 2.31. The largest absolute Gasteiger partial charge is 0.247 e. The highest BCUT2D eigenvalue weighted by atomic mass is 79.9. The average molecular weight is 292 g/mol. The van der Waals surface area contributed by atoms with E-state index in [1.54, 1.807) is 0 Å². The van der Waals surface area contributed by atoms with Gasteiger partial charge < -0.3 is 0 Å². The molecule has 1 aromatic carbocycles. The molecule has 0 amide bonds. The predicted octanol–water partition coefficient (Wildman–Crippen LogP) is 3.60. The summed E-state index contributed by atoms with van der Waals surface area (Å²) >= 11 is 3.48.